The van der Waals surface area contributed by atoms with Gasteiger partial charge in [0, 0.05) is 6.57 Å². The molecule has 0 N–H and O–H groups in total. The van der Waals surface area contributed by atoms with Crippen LogP contribution in [0.15, 0.2) is 0 Å². The van der Waals surface area contributed by atoms with E-state index in [0.29, 0.717) is 0 Å². The summed E-state index contributed by atoms with van der Waals surface area (Å²) in [6.45, 7) is 3.50. The molecule has 80 valence electrons. The maximum atomic E-state index is 8.70. The Bertz CT molecular complexity index is 481. The lowest BCUT2D eigenvalue weighted by Gasteiger charge is -2.05. The van der Waals surface area contributed by atoms with Crippen LogP contribution in [0.25, 0.3) is 0 Å². The maximum Gasteiger partial charge on any atom is 0.102 e. The molecule has 0 aromatic heterocycles. The molecular weight excluding hydrogens is 292 g/mol. The Morgan fingerprint density at radius 1 is 0.688 bits per heavy atom. The van der Waals surface area contributed by atoms with Crippen molar-refractivity contribution in [2.45, 2.75) is 0 Å². The molecule has 1 rings (SSSR count). The molecule has 0 aliphatic rings. The van der Waals surface area contributed by atoms with Gasteiger partial charge in [-0.05, 0) is 0 Å². The van der Waals surface area contributed by atoms with Gasteiger partial charge < -0.3 is 0 Å². The Morgan fingerprint density at radius 2 is 1.00 bits per heavy atom. The topological polar surface area (TPSA) is 71.4 Å². The number of halogens is 4. The van der Waals surface area contributed by atoms with Crippen LogP contribution in [0.4, 0.5) is 0 Å². The minimum atomic E-state index is -0.0746. The van der Waals surface area contributed by atoms with Crippen LogP contribution >= 0.6 is 46.4 Å². The van der Waals surface area contributed by atoms with Crippen molar-refractivity contribution in [3.63, 3.8) is 0 Å². The van der Waals surface area contributed by atoms with Crippen LogP contribution < -0.4 is 0 Å². The summed E-state index contributed by atoms with van der Waals surface area (Å²) in [5, 5.41) is 23.7. The number of nitriles is 3. The molecule has 0 unspecified atom stereocenters. The van der Waals surface area contributed by atoms with Crippen LogP contribution in [0, 0.1) is 34.5 Å². The van der Waals surface area contributed by atoms with Gasteiger partial charge in [0.25, 0.3) is 0 Å². The van der Waals surface area contributed by atoms with Crippen molar-refractivity contribution in [2.75, 3.05) is 0 Å². The van der Waals surface area contributed by atoms with Gasteiger partial charge in [-0.1, -0.05) is 46.4 Å². The lowest BCUT2D eigenvalue weighted by molar-refractivity contribution is 1.45. The Morgan fingerprint density at radius 3 is 1.25 bits per heavy atom. The first kappa shape index (κ1) is 14.8. The fraction of sp³-hybridized carbons (Fsp3) is 0. The zero-order valence-electron chi connectivity index (χ0n) is 7.43. The molecule has 16 heavy (non-hydrogen) atoms. The Balaban J connectivity index is 0.00000106. The van der Waals surface area contributed by atoms with Gasteiger partial charge in [-0.3, -0.25) is 0 Å². The normalized spacial score (nSPS) is 8.25. The molecule has 0 atom stereocenters. The van der Waals surface area contributed by atoms with E-state index in [1.54, 1.807) is 12.1 Å². The van der Waals surface area contributed by atoms with Crippen LogP contribution in [-0.4, -0.2) is 0 Å². The lowest BCUT2D eigenvalue weighted by Crippen LogP contribution is -1.89. The van der Waals surface area contributed by atoms with Gasteiger partial charge >= 0.3 is 0 Å². The molecule has 0 aliphatic carbocycles. The molecule has 1 aromatic carbocycles. The summed E-state index contributed by atoms with van der Waals surface area (Å²) in [7, 11) is 0. The molecule has 0 amide bonds. The molecule has 0 spiro atoms. The average Bonchev–Trinajstić information content (AvgIpc) is 2.30. The maximum absolute atomic E-state index is 8.70. The van der Waals surface area contributed by atoms with Crippen molar-refractivity contribution in [3.8, 4) is 18.7 Å². The zero-order valence-corrected chi connectivity index (χ0v) is 10.5. The first-order valence-corrected chi connectivity index (χ1v) is 4.97. The molecule has 0 bridgehead atoms. The van der Waals surface area contributed by atoms with Gasteiger partial charge in [0.2, 0.25) is 0 Å². The van der Waals surface area contributed by atoms with Crippen molar-refractivity contribution in [2.24, 2.45) is 0 Å². The van der Waals surface area contributed by atoms with Gasteiger partial charge in [-0.25, -0.2) is 5.26 Å². The molecule has 0 fully saturated rings. The van der Waals surface area contributed by atoms with E-state index in [9.17, 15) is 0 Å². The van der Waals surface area contributed by atoms with Crippen LogP contribution in [0.2, 0.25) is 20.1 Å². The molecule has 7 heteroatoms. The van der Waals surface area contributed by atoms with Crippen LogP contribution in [-0.2, 0) is 0 Å². The number of rotatable bonds is 0. The van der Waals surface area contributed by atoms with Crippen LogP contribution in [0.5, 0.6) is 0 Å². The molecule has 0 aliphatic heterocycles. The first-order valence-electron chi connectivity index (χ1n) is 3.46. The predicted octanol–water partition coefficient (Wildman–Crippen LogP) is 4.18. The van der Waals surface area contributed by atoms with Gasteiger partial charge in [0.15, 0.2) is 0 Å². The average molecular weight is 293 g/mol. The molecule has 0 radical (unpaired) electrons. The number of hydrogen-bond acceptors (Lipinski definition) is 3. The van der Waals surface area contributed by atoms with Crippen molar-refractivity contribution in [1.82, 2.24) is 0 Å². The van der Waals surface area contributed by atoms with E-state index in [0.717, 1.165) is 0 Å². The third kappa shape index (κ3) is 2.50. The summed E-state index contributed by atoms with van der Waals surface area (Å²) in [5.41, 5.74) is -0.0847. The summed E-state index contributed by atoms with van der Waals surface area (Å²) >= 11 is 22.8. The summed E-state index contributed by atoms with van der Waals surface area (Å²) in [5.74, 6) is 0. The van der Waals surface area contributed by atoms with Crippen molar-refractivity contribution in [1.29, 1.82) is 15.8 Å². The number of benzene rings is 1. The molecular formula is C9HCl4N3. The smallest absolute Gasteiger partial charge is 0.102 e. The van der Waals surface area contributed by atoms with E-state index in [1.807, 2.05) is 0 Å². The zero-order chi connectivity index (χ0) is 12.9. The van der Waals surface area contributed by atoms with E-state index >= 15 is 0 Å². The SMILES string of the molecule is C#N.N#Cc1c(Cl)c(Cl)c(Cl)c(C#N)c1Cl. The second-order valence-corrected chi connectivity index (χ2v) is 3.74. The van der Waals surface area contributed by atoms with Crippen LogP contribution in [0.3, 0.4) is 0 Å². The Labute approximate surface area is 112 Å². The highest BCUT2D eigenvalue weighted by molar-refractivity contribution is 6.50. The highest BCUT2D eigenvalue weighted by Gasteiger charge is 2.19. The Kier molecular flexibility index (Phi) is 5.97. The second kappa shape index (κ2) is 6.44. The minimum absolute atomic E-state index is 0.0363. The summed E-state index contributed by atoms with van der Waals surface area (Å²) in [6, 6.07) is 3.50. The fourth-order valence-electron chi connectivity index (χ4n) is 0.830. The highest BCUT2D eigenvalue weighted by Crippen LogP contribution is 2.40. The van der Waals surface area contributed by atoms with E-state index in [2.05, 4.69) is 6.57 Å². The number of nitrogens with zero attached hydrogens (tertiary/aromatic N) is 3. The molecule has 1 aromatic rings. The van der Waals surface area contributed by atoms with Crippen molar-refractivity contribution >= 4 is 46.4 Å². The molecule has 3 nitrogen and oxygen atoms in total. The van der Waals surface area contributed by atoms with Gasteiger partial charge in [-0.15, -0.1) is 0 Å². The van der Waals surface area contributed by atoms with E-state index in [4.69, 9.17) is 62.2 Å². The summed E-state index contributed by atoms with van der Waals surface area (Å²) in [4.78, 5) is 0. The predicted molar refractivity (Wildman–Crippen MR) is 62.6 cm³/mol. The Hall–Kier alpha value is -1.15. The van der Waals surface area contributed by atoms with Crippen molar-refractivity contribution < 1.29 is 0 Å². The summed E-state index contributed by atoms with van der Waals surface area (Å²) in [6.07, 6.45) is 0. The van der Waals surface area contributed by atoms with Gasteiger partial charge in [-0.2, -0.15) is 10.5 Å². The first-order chi connectivity index (χ1) is 7.54. The lowest BCUT2D eigenvalue weighted by atomic mass is 10.1. The summed E-state index contributed by atoms with van der Waals surface area (Å²) < 4.78 is 0. The third-order valence-corrected chi connectivity index (χ3v) is 3.19. The van der Waals surface area contributed by atoms with Crippen molar-refractivity contribution in [3.05, 3.63) is 31.2 Å². The molecule has 0 heterocycles. The largest absolute Gasteiger partial charge is 0.202 e. The van der Waals surface area contributed by atoms with Gasteiger partial charge in [0.1, 0.15) is 12.1 Å². The van der Waals surface area contributed by atoms with Gasteiger partial charge in [0.05, 0.1) is 31.2 Å². The third-order valence-electron chi connectivity index (χ3n) is 1.49. The molecule has 0 saturated heterocycles. The van der Waals surface area contributed by atoms with E-state index < -0.39 is 0 Å². The highest BCUT2D eigenvalue weighted by atomic mass is 35.5. The quantitative estimate of drug-likeness (QED) is 0.532. The minimum Gasteiger partial charge on any atom is -0.202 e. The van der Waals surface area contributed by atoms with E-state index in [-0.39, 0.29) is 31.2 Å². The van der Waals surface area contributed by atoms with Crippen LogP contribution in [0.1, 0.15) is 11.1 Å². The standard InChI is InChI=1S/C8Cl4N2.CHN/c9-5-3(1-13)6(10)8(12)7(11)4(5)2-14;1-2/h;1H. The van der Waals surface area contributed by atoms with E-state index in [1.165, 1.54) is 0 Å². The fourth-order valence-corrected chi connectivity index (χ4v) is 1.90. The molecule has 0 saturated carbocycles. The monoisotopic (exact) mass is 291 g/mol. The number of hydrogen-bond donors (Lipinski definition) is 0. The second-order valence-electron chi connectivity index (χ2n) is 2.23.